The van der Waals surface area contributed by atoms with Gasteiger partial charge in [-0.3, -0.25) is 0 Å². The standard InChI is InChI=1S/C11H22O4S.K/c1-2-3-4-5-6-7-8-9-10-11-15-16(12,13)14;/h10-11H,2-9H2,1H3,(H,12,13,14);/q;+1/p-1/b11-10+;. The number of rotatable bonds is 10. The van der Waals surface area contributed by atoms with Crippen LogP contribution in [-0.2, 0) is 14.6 Å². The fraction of sp³-hybridized carbons (Fsp3) is 0.818. The van der Waals surface area contributed by atoms with Gasteiger partial charge in [0.25, 0.3) is 10.4 Å². The predicted molar refractivity (Wildman–Crippen MR) is 62.5 cm³/mol. The quantitative estimate of drug-likeness (QED) is 0.188. The molecular formula is C11H21KO4S. The van der Waals surface area contributed by atoms with Crippen LogP contribution in [0.15, 0.2) is 12.3 Å². The molecule has 0 bridgehead atoms. The number of hydrogen-bond acceptors (Lipinski definition) is 4. The van der Waals surface area contributed by atoms with E-state index in [0.29, 0.717) is 0 Å². The molecular weight excluding hydrogens is 267 g/mol. The maximum Gasteiger partial charge on any atom is 1.00 e. The van der Waals surface area contributed by atoms with Crippen LogP contribution in [0.3, 0.4) is 0 Å². The molecule has 0 amide bonds. The van der Waals surface area contributed by atoms with E-state index in [-0.39, 0.29) is 51.4 Å². The first-order valence-corrected chi connectivity index (χ1v) is 7.18. The minimum absolute atomic E-state index is 0. The van der Waals surface area contributed by atoms with Crippen molar-refractivity contribution in [3.63, 3.8) is 0 Å². The van der Waals surface area contributed by atoms with Crippen LogP contribution in [0.2, 0.25) is 0 Å². The van der Waals surface area contributed by atoms with Crippen LogP contribution in [0.1, 0.15) is 58.3 Å². The van der Waals surface area contributed by atoms with E-state index < -0.39 is 10.4 Å². The van der Waals surface area contributed by atoms with Gasteiger partial charge in [-0.1, -0.05) is 45.4 Å². The third-order valence-corrected chi connectivity index (χ3v) is 2.59. The number of hydrogen-bond donors (Lipinski definition) is 0. The largest absolute Gasteiger partial charge is 1.00 e. The molecule has 0 aromatic carbocycles. The molecule has 6 heteroatoms. The Balaban J connectivity index is 0. The van der Waals surface area contributed by atoms with Crippen molar-refractivity contribution in [2.75, 3.05) is 0 Å². The summed E-state index contributed by atoms with van der Waals surface area (Å²) < 4.78 is 34.0. The van der Waals surface area contributed by atoms with Crippen LogP contribution in [0, 0.1) is 0 Å². The van der Waals surface area contributed by atoms with E-state index in [1.807, 2.05) is 0 Å². The van der Waals surface area contributed by atoms with E-state index in [0.717, 1.165) is 25.5 Å². The van der Waals surface area contributed by atoms with Gasteiger partial charge in [0.2, 0.25) is 0 Å². The van der Waals surface area contributed by atoms with Crippen molar-refractivity contribution < 1.29 is 68.5 Å². The van der Waals surface area contributed by atoms with Gasteiger partial charge >= 0.3 is 51.4 Å². The van der Waals surface area contributed by atoms with Crippen LogP contribution >= 0.6 is 0 Å². The maximum absolute atomic E-state index is 10.0. The summed E-state index contributed by atoms with van der Waals surface area (Å²) >= 11 is 0. The van der Waals surface area contributed by atoms with E-state index in [4.69, 9.17) is 0 Å². The van der Waals surface area contributed by atoms with E-state index in [1.54, 1.807) is 6.08 Å². The average Bonchev–Trinajstić information content (AvgIpc) is 2.19. The van der Waals surface area contributed by atoms with Gasteiger partial charge in [0, 0.05) is 0 Å². The molecule has 0 aliphatic carbocycles. The Bertz CT molecular complexity index is 275. The van der Waals surface area contributed by atoms with Gasteiger partial charge in [0.1, 0.15) is 6.26 Å². The van der Waals surface area contributed by atoms with Crippen LogP contribution in [0.4, 0.5) is 0 Å². The van der Waals surface area contributed by atoms with Crippen LogP contribution in [0.5, 0.6) is 0 Å². The first kappa shape index (κ1) is 20.4. The zero-order valence-electron chi connectivity index (χ0n) is 10.9. The molecule has 0 saturated heterocycles. The summed E-state index contributed by atoms with van der Waals surface area (Å²) in [6, 6.07) is 0. The monoisotopic (exact) mass is 288 g/mol. The Kier molecular flexibility index (Phi) is 16.2. The van der Waals surface area contributed by atoms with Gasteiger partial charge in [0.15, 0.2) is 0 Å². The predicted octanol–water partition coefficient (Wildman–Crippen LogP) is 0.122. The summed E-state index contributed by atoms with van der Waals surface area (Å²) in [6.45, 7) is 2.19. The minimum Gasteiger partial charge on any atom is -0.716 e. The summed E-state index contributed by atoms with van der Waals surface area (Å²) in [5.74, 6) is 0. The molecule has 0 radical (unpaired) electrons. The van der Waals surface area contributed by atoms with Gasteiger partial charge in [-0.15, -0.1) is 0 Å². The third-order valence-electron chi connectivity index (χ3n) is 2.24. The molecule has 0 atom stereocenters. The molecule has 0 heterocycles. The van der Waals surface area contributed by atoms with Crippen molar-refractivity contribution in [2.45, 2.75) is 58.3 Å². The Hall–Kier alpha value is 1.09. The first-order chi connectivity index (χ1) is 7.56. The Morgan fingerprint density at radius 1 is 1.06 bits per heavy atom. The molecule has 0 N–H and O–H groups in total. The molecule has 96 valence electrons. The topological polar surface area (TPSA) is 66.4 Å². The first-order valence-electron chi connectivity index (χ1n) is 5.85. The van der Waals surface area contributed by atoms with E-state index >= 15 is 0 Å². The molecule has 0 aromatic heterocycles. The Morgan fingerprint density at radius 2 is 1.59 bits per heavy atom. The van der Waals surface area contributed by atoms with Crippen molar-refractivity contribution >= 4 is 10.4 Å². The molecule has 0 aromatic rings. The SMILES string of the molecule is CCCCCCCCC/C=C/OS(=O)(=O)[O-].[K+]. The molecule has 17 heavy (non-hydrogen) atoms. The molecule has 0 unspecified atom stereocenters. The van der Waals surface area contributed by atoms with Crippen LogP contribution < -0.4 is 51.4 Å². The van der Waals surface area contributed by atoms with Crippen molar-refractivity contribution in [3.05, 3.63) is 12.3 Å². The summed E-state index contributed by atoms with van der Waals surface area (Å²) in [5, 5.41) is 0. The second kappa shape index (κ2) is 13.5. The molecule has 4 nitrogen and oxygen atoms in total. The van der Waals surface area contributed by atoms with Crippen LogP contribution in [-0.4, -0.2) is 13.0 Å². The molecule has 0 saturated carbocycles. The van der Waals surface area contributed by atoms with Gasteiger partial charge in [-0.2, -0.15) is 0 Å². The summed E-state index contributed by atoms with van der Waals surface area (Å²) in [5.41, 5.74) is 0. The van der Waals surface area contributed by atoms with Gasteiger partial charge < -0.3 is 8.74 Å². The minimum atomic E-state index is -4.57. The second-order valence-electron chi connectivity index (χ2n) is 3.79. The van der Waals surface area contributed by atoms with Gasteiger partial charge in [0.05, 0.1) is 0 Å². The number of allylic oxidation sites excluding steroid dienone is 1. The summed E-state index contributed by atoms with van der Waals surface area (Å²) in [4.78, 5) is 0. The van der Waals surface area contributed by atoms with E-state index in [1.165, 1.54) is 32.1 Å². The van der Waals surface area contributed by atoms with Crippen molar-refractivity contribution in [2.24, 2.45) is 0 Å². The van der Waals surface area contributed by atoms with E-state index in [9.17, 15) is 13.0 Å². The van der Waals surface area contributed by atoms with Gasteiger partial charge in [-0.25, -0.2) is 8.42 Å². The zero-order chi connectivity index (χ0) is 12.3. The maximum atomic E-state index is 10.0. The molecule has 0 spiro atoms. The zero-order valence-corrected chi connectivity index (χ0v) is 14.8. The van der Waals surface area contributed by atoms with E-state index in [2.05, 4.69) is 11.1 Å². The van der Waals surface area contributed by atoms with Gasteiger partial charge in [-0.05, 0) is 18.9 Å². The normalized spacial score (nSPS) is 11.4. The Labute approximate surface area is 148 Å². The smallest absolute Gasteiger partial charge is 0.716 e. The molecule has 0 fully saturated rings. The fourth-order valence-corrected chi connectivity index (χ4v) is 1.61. The molecule has 0 rings (SSSR count). The number of unbranched alkanes of at least 4 members (excludes halogenated alkanes) is 7. The molecule has 0 aliphatic heterocycles. The van der Waals surface area contributed by atoms with Crippen molar-refractivity contribution in [3.8, 4) is 0 Å². The summed E-state index contributed by atoms with van der Waals surface area (Å²) in [6.07, 6.45) is 11.8. The Morgan fingerprint density at radius 3 is 2.12 bits per heavy atom. The average molecular weight is 288 g/mol. The fourth-order valence-electron chi connectivity index (χ4n) is 1.39. The van der Waals surface area contributed by atoms with Crippen LogP contribution in [0.25, 0.3) is 0 Å². The molecule has 0 aliphatic rings. The summed E-state index contributed by atoms with van der Waals surface area (Å²) in [7, 11) is -4.57. The second-order valence-corrected chi connectivity index (χ2v) is 4.80. The van der Waals surface area contributed by atoms with Crippen molar-refractivity contribution in [1.29, 1.82) is 0 Å². The third kappa shape index (κ3) is 19.6. The van der Waals surface area contributed by atoms with Crippen molar-refractivity contribution in [1.82, 2.24) is 0 Å².